The van der Waals surface area contributed by atoms with Crippen LogP contribution in [0.25, 0.3) is 11.2 Å². The van der Waals surface area contributed by atoms with Crippen molar-refractivity contribution in [2.75, 3.05) is 36.5 Å². The van der Waals surface area contributed by atoms with Gasteiger partial charge in [-0.05, 0) is 44.9 Å². The van der Waals surface area contributed by atoms with Gasteiger partial charge in [0.15, 0.2) is 17.1 Å². The quantitative estimate of drug-likeness (QED) is 0.697. The maximum absolute atomic E-state index is 12.8. The van der Waals surface area contributed by atoms with E-state index in [4.69, 9.17) is 9.47 Å². The molecule has 1 fully saturated rings. The van der Waals surface area contributed by atoms with Gasteiger partial charge in [0.2, 0.25) is 5.91 Å². The van der Waals surface area contributed by atoms with E-state index in [2.05, 4.69) is 25.2 Å². The number of piperidine rings is 1. The number of ether oxygens (including phenoxy) is 2. The van der Waals surface area contributed by atoms with E-state index in [-0.39, 0.29) is 11.8 Å². The van der Waals surface area contributed by atoms with Gasteiger partial charge in [0.05, 0.1) is 23.3 Å². The molecule has 1 amide bonds. The number of nitrogens with one attached hydrogen (secondary N) is 1. The Hall–Kier alpha value is -3.42. The van der Waals surface area contributed by atoms with E-state index in [9.17, 15) is 4.79 Å². The molecule has 2 aliphatic heterocycles. The minimum atomic E-state index is -0.0254. The van der Waals surface area contributed by atoms with Crippen molar-refractivity contribution in [3.63, 3.8) is 0 Å². The van der Waals surface area contributed by atoms with Crippen LogP contribution in [0.4, 0.5) is 11.4 Å². The molecule has 8 heteroatoms. The summed E-state index contributed by atoms with van der Waals surface area (Å²) in [5.74, 6) is 1.42. The number of anilines is 2. The van der Waals surface area contributed by atoms with Gasteiger partial charge in [-0.2, -0.15) is 0 Å². The third-order valence-corrected chi connectivity index (χ3v) is 5.96. The molecule has 160 valence electrons. The van der Waals surface area contributed by atoms with Gasteiger partial charge in [0.1, 0.15) is 18.7 Å². The molecule has 0 saturated carbocycles. The van der Waals surface area contributed by atoms with Crippen molar-refractivity contribution in [1.29, 1.82) is 0 Å². The number of hydrogen-bond donors (Lipinski definition) is 1. The lowest BCUT2D eigenvalue weighted by atomic mass is 9.95. The fourth-order valence-corrected chi connectivity index (χ4v) is 4.04. The Labute approximate surface area is 180 Å². The number of pyridine rings is 1. The van der Waals surface area contributed by atoms with Crippen molar-refractivity contribution in [2.45, 2.75) is 26.7 Å². The zero-order chi connectivity index (χ0) is 21.4. The SMILES string of the molecule is Cc1nc2cc(N3CCC(C(=O)Nc4ccc5c(c4)OCCO5)CC3)cnc2nc1C. The highest BCUT2D eigenvalue weighted by molar-refractivity contribution is 5.93. The Bertz CT molecular complexity index is 1140. The van der Waals surface area contributed by atoms with Gasteiger partial charge in [0.25, 0.3) is 0 Å². The summed E-state index contributed by atoms with van der Waals surface area (Å²) in [7, 11) is 0. The van der Waals surface area contributed by atoms with Gasteiger partial charge >= 0.3 is 0 Å². The number of carbonyl (C=O) groups excluding carboxylic acids is 1. The number of aromatic nitrogens is 3. The Kier molecular flexibility index (Phi) is 5.05. The number of rotatable bonds is 3. The predicted octanol–water partition coefficient (Wildman–Crippen LogP) is 3.27. The molecule has 2 aromatic heterocycles. The molecule has 5 rings (SSSR count). The number of aryl methyl sites for hydroxylation is 2. The van der Waals surface area contributed by atoms with Gasteiger partial charge in [-0.25, -0.2) is 15.0 Å². The molecule has 1 N–H and O–H groups in total. The minimum Gasteiger partial charge on any atom is -0.486 e. The Morgan fingerprint density at radius 3 is 2.58 bits per heavy atom. The summed E-state index contributed by atoms with van der Waals surface area (Å²) in [5.41, 5.74) is 5.05. The van der Waals surface area contributed by atoms with E-state index in [1.165, 1.54) is 0 Å². The topological polar surface area (TPSA) is 89.5 Å². The molecule has 2 aliphatic rings. The van der Waals surface area contributed by atoms with Crippen LogP contribution < -0.4 is 19.7 Å². The Morgan fingerprint density at radius 1 is 1.03 bits per heavy atom. The molecule has 0 radical (unpaired) electrons. The molecular weight excluding hydrogens is 394 g/mol. The molecular formula is C23H25N5O3. The Balaban J connectivity index is 1.22. The van der Waals surface area contributed by atoms with E-state index < -0.39 is 0 Å². The minimum absolute atomic E-state index is 0.0254. The third kappa shape index (κ3) is 3.97. The Morgan fingerprint density at radius 2 is 1.77 bits per heavy atom. The molecule has 0 spiro atoms. The zero-order valence-electron chi connectivity index (χ0n) is 17.7. The zero-order valence-corrected chi connectivity index (χ0v) is 17.7. The van der Waals surface area contributed by atoms with Crippen LogP contribution in [0, 0.1) is 19.8 Å². The summed E-state index contributed by atoms with van der Waals surface area (Å²) >= 11 is 0. The first-order valence-electron chi connectivity index (χ1n) is 10.6. The van der Waals surface area contributed by atoms with Crippen LogP contribution in [-0.4, -0.2) is 47.2 Å². The summed E-state index contributed by atoms with van der Waals surface area (Å²) in [6, 6.07) is 7.56. The van der Waals surface area contributed by atoms with Crippen molar-refractivity contribution in [2.24, 2.45) is 5.92 Å². The van der Waals surface area contributed by atoms with E-state index in [1.54, 1.807) is 0 Å². The standard InChI is InChI=1S/C23H25N5O3/c1-14-15(2)26-22-19(25-14)12-18(13-24-22)28-7-5-16(6-8-28)23(29)27-17-3-4-20-21(11-17)31-10-9-30-20/h3-4,11-13,16H,5-10H2,1-2H3,(H,27,29). The fourth-order valence-electron chi connectivity index (χ4n) is 4.04. The van der Waals surface area contributed by atoms with E-state index >= 15 is 0 Å². The van der Waals surface area contributed by atoms with Gasteiger partial charge in [-0.1, -0.05) is 0 Å². The highest BCUT2D eigenvalue weighted by Crippen LogP contribution is 2.33. The average molecular weight is 419 g/mol. The van der Waals surface area contributed by atoms with E-state index in [0.717, 1.165) is 60.0 Å². The third-order valence-electron chi connectivity index (χ3n) is 5.96. The molecule has 0 atom stereocenters. The lowest BCUT2D eigenvalue weighted by Gasteiger charge is -2.32. The highest BCUT2D eigenvalue weighted by atomic mass is 16.6. The number of amides is 1. The molecule has 3 aromatic rings. The average Bonchev–Trinajstić information content (AvgIpc) is 2.79. The van der Waals surface area contributed by atoms with Crippen LogP contribution in [0.1, 0.15) is 24.2 Å². The monoisotopic (exact) mass is 419 g/mol. The summed E-state index contributed by atoms with van der Waals surface area (Å²) in [5, 5.41) is 3.03. The normalized spacial score (nSPS) is 16.4. The lowest BCUT2D eigenvalue weighted by molar-refractivity contribution is -0.120. The summed E-state index contributed by atoms with van der Waals surface area (Å²) in [6.45, 7) is 6.57. The van der Waals surface area contributed by atoms with Crippen molar-refractivity contribution in [3.05, 3.63) is 41.9 Å². The van der Waals surface area contributed by atoms with Crippen LogP contribution in [0.3, 0.4) is 0 Å². The summed E-state index contributed by atoms with van der Waals surface area (Å²) < 4.78 is 11.1. The van der Waals surface area contributed by atoms with Gasteiger partial charge in [0, 0.05) is 30.8 Å². The maximum atomic E-state index is 12.8. The number of nitrogens with zero attached hydrogens (tertiary/aromatic N) is 4. The molecule has 31 heavy (non-hydrogen) atoms. The van der Waals surface area contributed by atoms with Crippen LogP contribution in [0.5, 0.6) is 11.5 Å². The fraction of sp³-hybridized carbons (Fsp3) is 0.391. The van der Waals surface area contributed by atoms with Gasteiger partial charge in [-0.15, -0.1) is 0 Å². The second-order valence-corrected chi connectivity index (χ2v) is 8.04. The predicted molar refractivity (Wildman–Crippen MR) is 118 cm³/mol. The number of benzene rings is 1. The molecule has 1 saturated heterocycles. The number of carbonyl (C=O) groups is 1. The molecule has 1 aromatic carbocycles. The largest absolute Gasteiger partial charge is 0.486 e. The first-order valence-corrected chi connectivity index (χ1v) is 10.6. The van der Waals surface area contributed by atoms with Gasteiger partial charge < -0.3 is 19.7 Å². The first kappa shape index (κ1) is 19.5. The lowest BCUT2D eigenvalue weighted by Crippen LogP contribution is -2.38. The highest BCUT2D eigenvalue weighted by Gasteiger charge is 2.26. The van der Waals surface area contributed by atoms with Crippen molar-refractivity contribution >= 4 is 28.4 Å². The summed E-state index contributed by atoms with van der Waals surface area (Å²) in [4.78, 5) is 28.7. The van der Waals surface area contributed by atoms with Crippen LogP contribution in [0.2, 0.25) is 0 Å². The first-order chi connectivity index (χ1) is 15.1. The number of fused-ring (bicyclic) bond motifs is 2. The molecule has 0 aliphatic carbocycles. The van der Waals surface area contributed by atoms with E-state index in [1.807, 2.05) is 44.3 Å². The van der Waals surface area contributed by atoms with Gasteiger partial charge in [-0.3, -0.25) is 4.79 Å². The van der Waals surface area contributed by atoms with Crippen molar-refractivity contribution in [1.82, 2.24) is 15.0 Å². The summed E-state index contributed by atoms with van der Waals surface area (Å²) in [6.07, 6.45) is 3.42. The molecule has 4 heterocycles. The molecule has 8 nitrogen and oxygen atoms in total. The molecule has 0 bridgehead atoms. The number of hydrogen-bond acceptors (Lipinski definition) is 7. The van der Waals surface area contributed by atoms with Crippen LogP contribution in [-0.2, 0) is 4.79 Å². The molecule has 0 unspecified atom stereocenters. The maximum Gasteiger partial charge on any atom is 0.227 e. The van der Waals surface area contributed by atoms with Crippen LogP contribution >= 0.6 is 0 Å². The van der Waals surface area contributed by atoms with Crippen molar-refractivity contribution < 1.29 is 14.3 Å². The second-order valence-electron chi connectivity index (χ2n) is 8.04. The van der Waals surface area contributed by atoms with Crippen molar-refractivity contribution in [3.8, 4) is 11.5 Å². The second kappa shape index (κ2) is 8.02. The van der Waals surface area contributed by atoms with Crippen LogP contribution in [0.15, 0.2) is 30.5 Å². The smallest absolute Gasteiger partial charge is 0.227 e. The van der Waals surface area contributed by atoms with E-state index in [0.29, 0.717) is 24.6 Å².